The smallest absolute Gasteiger partial charge is 0.355 e. The second-order valence-electron chi connectivity index (χ2n) is 4.25. The van der Waals surface area contributed by atoms with Crippen molar-refractivity contribution in [3.8, 4) is 0 Å². The average Bonchev–Trinajstić information content (AvgIpc) is 2.89. The van der Waals surface area contributed by atoms with Gasteiger partial charge in [-0.15, -0.1) is 11.3 Å². The fourth-order valence-electron chi connectivity index (χ4n) is 1.75. The number of aromatic carboxylic acids is 1. The van der Waals surface area contributed by atoms with Crippen LogP contribution in [-0.2, 0) is 0 Å². The molecule has 6 nitrogen and oxygen atoms in total. The molecule has 2 amide bonds. The van der Waals surface area contributed by atoms with Crippen LogP contribution in [0.3, 0.4) is 0 Å². The van der Waals surface area contributed by atoms with E-state index >= 15 is 0 Å². The van der Waals surface area contributed by atoms with E-state index in [0.29, 0.717) is 18.1 Å². The third-order valence-corrected chi connectivity index (χ3v) is 3.82. The largest absolute Gasteiger partial charge is 0.476 e. The van der Waals surface area contributed by atoms with Crippen molar-refractivity contribution >= 4 is 23.3 Å². The molecule has 2 N–H and O–H groups in total. The molecule has 1 unspecified atom stereocenters. The van der Waals surface area contributed by atoms with Gasteiger partial charge in [-0.2, -0.15) is 0 Å². The maximum Gasteiger partial charge on any atom is 0.355 e. The number of urea groups is 1. The van der Waals surface area contributed by atoms with Crippen molar-refractivity contribution in [2.45, 2.75) is 19.4 Å². The van der Waals surface area contributed by atoms with E-state index in [1.807, 2.05) is 12.2 Å². The van der Waals surface area contributed by atoms with Crippen LogP contribution in [0.25, 0.3) is 0 Å². The molecule has 0 saturated carbocycles. The van der Waals surface area contributed by atoms with Gasteiger partial charge in [-0.25, -0.2) is 14.6 Å². The molecule has 0 saturated heterocycles. The van der Waals surface area contributed by atoms with E-state index < -0.39 is 5.97 Å². The van der Waals surface area contributed by atoms with E-state index in [0.717, 1.165) is 6.42 Å². The van der Waals surface area contributed by atoms with Crippen LogP contribution >= 0.6 is 11.3 Å². The van der Waals surface area contributed by atoms with Gasteiger partial charge in [0.15, 0.2) is 5.69 Å². The van der Waals surface area contributed by atoms with Crippen LogP contribution in [-0.4, -0.2) is 40.1 Å². The van der Waals surface area contributed by atoms with Crippen molar-refractivity contribution in [1.29, 1.82) is 0 Å². The van der Waals surface area contributed by atoms with E-state index in [9.17, 15) is 9.59 Å². The molecule has 1 atom stereocenters. The number of nitrogens with one attached hydrogen (secondary N) is 1. The molecule has 1 aromatic rings. The topological polar surface area (TPSA) is 82.5 Å². The predicted octanol–water partition coefficient (Wildman–Crippen LogP) is 1.87. The van der Waals surface area contributed by atoms with Gasteiger partial charge in [-0.05, 0) is 13.3 Å². The summed E-state index contributed by atoms with van der Waals surface area (Å²) in [6.07, 6.45) is 4.87. The molecule has 7 heteroatoms. The highest BCUT2D eigenvalue weighted by Gasteiger charge is 2.19. The third-order valence-electron chi connectivity index (χ3n) is 2.80. The molecule has 1 aliphatic rings. The zero-order chi connectivity index (χ0) is 13.8. The Morgan fingerprint density at radius 3 is 2.89 bits per heavy atom. The predicted molar refractivity (Wildman–Crippen MR) is 71.4 cm³/mol. The van der Waals surface area contributed by atoms with Gasteiger partial charge in [0.1, 0.15) is 5.01 Å². The summed E-state index contributed by atoms with van der Waals surface area (Å²) in [4.78, 5) is 28.4. The number of hydrogen-bond donors (Lipinski definition) is 2. The average molecular weight is 281 g/mol. The van der Waals surface area contributed by atoms with Gasteiger partial charge in [-0.3, -0.25) is 0 Å². The Labute approximate surface area is 114 Å². The zero-order valence-electron chi connectivity index (χ0n) is 10.5. The van der Waals surface area contributed by atoms with E-state index in [1.165, 1.54) is 16.7 Å². The Bertz CT molecular complexity index is 512. The first-order valence-corrected chi connectivity index (χ1v) is 6.85. The summed E-state index contributed by atoms with van der Waals surface area (Å²) in [5.41, 5.74) is 0.0157. The van der Waals surface area contributed by atoms with E-state index in [2.05, 4.69) is 10.3 Å². The fourth-order valence-corrected chi connectivity index (χ4v) is 2.55. The number of nitrogens with zero attached hydrogens (tertiary/aromatic N) is 2. The molecule has 1 aromatic heterocycles. The first kappa shape index (κ1) is 13.5. The summed E-state index contributed by atoms with van der Waals surface area (Å²) in [5, 5.41) is 13.7. The zero-order valence-corrected chi connectivity index (χ0v) is 11.3. The number of carboxylic acids is 1. The highest BCUT2D eigenvalue weighted by molar-refractivity contribution is 7.09. The van der Waals surface area contributed by atoms with Gasteiger partial charge >= 0.3 is 12.0 Å². The number of carbonyl (C=O) groups excluding carboxylic acids is 1. The Kier molecular flexibility index (Phi) is 4.16. The van der Waals surface area contributed by atoms with Crippen LogP contribution < -0.4 is 5.32 Å². The van der Waals surface area contributed by atoms with Crippen molar-refractivity contribution in [3.63, 3.8) is 0 Å². The maximum absolute atomic E-state index is 12.0. The van der Waals surface area contributed by atoms with Crippen LogP contribution in [0.4, 0.5) is 4.79 Å². The lowest BCUT2D eigenvalue weighted by Crippen LogP contribution is -2.42. The lowest BCUT2D eigenvalue weighted by Gasteiger charge is -2.25. The van der Waals surface area contributed by atoms with Gasteiger partial charge in [0.2, 0.25) is 0 Å². The van der Waals surface area contributed by atoms with E-state index in [4.69, 9.17) is 5.11 Å². The van der Waals surface area contributed by atoms with Gasteiger partial charge in [0, 0.05) is 18.5 Å². The second-order valence-corrected chi connectivity index (χ2v) is 5.14. The van der Waals surface area contributed by atoms with E-state index in [-0.39, 0.29) is 17.8 Å². The molecule has 2 heterocycles. The highest BCUT2D eigenvalue weighted by Crippen LogP contribution is 2.18. The first-order chi connectivity index (χ1) is 9.08. The van der Waals surface area contributed by atoms with Crippen molar-refractivity contribution in [3.05, 3.63) is 28.2 Å². The SMILES string of the molecule is CC(NC(=O)N1CC=CCC1)c1nc(C(=O)O)cs1. The Morgan fingerprint density at radius 2 is 2.32 bits per heavy atom. The van der Waals surface area contributed by atoms with Crippen molar-refractivity contribution in [1.82, 2.24) is 15.2 Å². The third kappa shape index (κ3) is 3.31. The number of carboxylic acid groups (broad SMARTS) is 1. The van der Waals surface area contributed by atoms with Crippen molar-refractivity contribution in [2.75, 3.05) is 13.1 Å². The molecular weight excluding hydrogens is 266 g/mol. The lowest BCUT2D eigenvalue weighted by atomic mass is 10.2. The standard InChI is InChI=1S/C12H15N3O3S/c1-8(10-14-9(7-19-10)11(16)17)13-12(18)15-5-3-2-4-6-15/h2-3,7-8H,4-6H2,1H3,(H,13,18)(H,16,17). The highest BCUT2D eigenvalue weighted by atomic mass is 32.1. The van der Waals surface area contributed by atoms with E-state index in [1.54, 1.807) is 11.8 Å². The fraction of sp³-hybridized carbons (Fsp3) is 0.417. The number of amides is 2. The summed E-state index contributed by atoms with van der Waals surface area (Å²) in [7, 11) is 0. The Balaban J connectivity index is 1.95. The van der Waals surface area contributed by atoms with Gasteiger partial charge in [0.05, 0.1) is 6.04 Å². The number of thiazole rings is 1. The minimum absolute atomic E-state index is 0.0157. The Morgan fingerprint density at radius 1 is 1.53 bits per heavy atom. The summed E-state index contributed by atoms with van der Waals surface area (Å²) in [5.74, 6) is -1.05. The minimum atomic E-state index is -1.05. The van der Waals surface area contributed by atoms with Crippen LogP contribution in [0.2, 0.25) is 0 Å². The molecule has 0 aromatic carbocycles. The molecule has 0 fully saturated rings. The maximum atomic E-state index is 12.0. The number of hydrogen-bond acceptors (Lipinski definition) is 4. The van der Waals surface area contributed by atoms with Gasteiger partial charge in [0.25, 0.3) is 0 Å². The molecule has 0 aliphatic carbocycles. The summed E-state index contributed by atoms with van der Waals surface area (Å²) in [6, 6.07) is -0.444. The lowest BCUT2D eigenvalue weighted by molar-refractivity contribution is 0.0691. The van der Waals surface area contributed by atoms with Crippen molar-refractivity contribution in [2.24, 2.45) is 0 Å². The quantitative estimate of drug-likeness (QED) is 0.829. The summed E-state index contributed by atoms with van der Waals surface area (Å²) < 4.78 is 0. The van der Waals surface area contributed by atoms with Gasteiger partial charge < -0.3 is 15.3 Å². The minimum Gasteiger partial charge on any atom is -0.476 e. The number of rotatable bonds is 3. The number of aromatic nitrogens is 1. The molecule has 102 valence electrons. The monoisotopic (exact) mass is 281 g/mol. The first-order valence-electron chi connectivity index (χ1n) is 5.97. The molecule has 1 aliphatic heterocycles. The molecule has 0 spiro atoms. The molecular formula is C12H15N3O3S. The molecule has 2 rings (SSSR count). The van der Waals surface area contributed by atoms with Crippen LogP contribution in [0, 0.1) is 0 Å². The normalized spacial score (nSPS) is 16.2. The molecule has 0 bridgehead atoms. The van der Waals surface area contributed by atoms with Crippen LogP contribution in [0.1, 0.15) is 34.9 Å². The molecule has 19 heavy (non-hydrogen) atoms. The Hall–Kier alpha value is -1.89. The van der Waals surface area contributed by atoms with Gasteiger partial charge in [-0.1, -0.05) is 12.2 Å². The van der Waals surface area contributed by atoms with Crippen LogP contribution in [0.15, 0.2) is 17.5 Å². The summed E-state index contributed by atoms with van der Waals surface area (Å²) in [6.45, 7) is 3.10. The number of carbonyl (C=O) groups is 2. The molecule has 0 radical (unpaired) electrons. The summed E-state index contributed by atoms with van der Waals surface area (Å²) >= 11 is 1.24. The second kappa shape index (κ2) is 5.83. The van der Waals surface area contributed by atoms with Crippen LogP contribution in [0.5, 0.6) is 0 Å². The van der Waals surface area contributed by atoms with Crippen molar-refractivity contribution < 1.29 is 14.7 Å².